The van der Waals surface area contributed by atoms with E-state index in [0.717, 1.165) is 17.7 Å². The number of carbonyl (C=O) groups is 2. The summed E-state index contributed by atoms with van der Waals surface area (Å²) >= 11 is 25.2. The van der Waals surface area contributed by atoms with Crippen LogP contribution in [0.3, 0.4) is 0 Å². The number of anilines is 2. The maximum atomic E-state index is 13.9. The van der Waals surface area contributed by atoms with Crippen LogP contribution >= 0.6 is 46.4 Å². The van der Waals surface area contributed by atoms with E-state index in [0.29, 0.717) is 16.7 Å². The third-order valence-electron chi connectivity index (χ3n) is 5.60. The second-order valence-electron chi connectivity index (χ2n) is 7.88. The van der Waals surface area contributed by atoms with Crippen molar-refractivity contribution in [3.8, 4) is 0 Å². The second-order valence-corrected chi connectivity index (χ2v) is 10.1. The van der Waals surface area contributed by atoms with Gasteiger partial charge in [0.1, 0.15) is 16.0 Å². The van der Waals surface area contributed by atoms with Crippen LogP contribution in [-0.4, -0.2) is 16.1 Å². The number of alkyl halides is 2. The van der Waals surface area contributed by atoms with E-state index < -0.39 is 39.6 Å². The summed E-state index contributed by atoms with van der Waals surface area (Å²) in [5.74, 6) is -4.23. The number of nitrogens with one attached hydrogen (secondary N) is 2. The first-order chi connectivity index (χ1) is 16.5. The van der Waals surface area contributed by atoms with Crippen molar-refractivity contribution in [1.82, 2.24) is 0 Å². The van der Waals surface area contributed by atoms with Gasteiger partial charge in [-0.05, 0) is 47.5 Å². The molecule has 2 amide bonds. The summed E-state index contributed by atoms with van der Waals surface area (Å²) in [7, 11) is 0. The van der Waals surface area contributed by atoms with Crippen molar-refractivity contribution in [3.05, 3.63) is 99.5 Å². The van der Waals surface area contributed by atoms with Crippen LogP contribution in [0, 0.1) is 17.6 Å². The minimum atomic E-state index is -1.35. The molecule has 4 nitrogen and oxygen atoms in total. The van der Waals surface area contributed by atoms with Gasteiger partial charge in [-0.25, -0.2) is 8.78 Å². The quantitative estimate of drug-likeness (QED) is 0.306. The Kier molecular flexibility index (Phi) is 7.11. The summed E-state index contributed by atoms with van der Waals surface area (Å²) < 4.78 is 25.7. The van der Waals surface area contributed by atoms with Crippen molar-refractivity contribution in [2.45, 2.75) is 10.3 Å². The molecule has 1 aliphatic carbocycles. The molecule has 1 aliphatic rings. The zero-order chi connectivity index (χ0) is 25.5. The van der Waals surface area contributed by atoms with Crippen molar-refractivity contribution in [1.29, 1.82) is 0 Å². The first-order valence-corrected chi connectivity index (χ1v) is 11.7. The molecular weight excluding hydrogens is 540 g/mol. The molecule has 0 saturated heterocycles. The van der Waals surface area contributed by atoms with Crippen molar-refractivity contribution in [2.24, 2.45) is 5.92 Å². The predicted molar refractivity (Wildman–Crippen MR) is 137 cm³/mol. The van der Waals surface area contributed by atoms with E-state index in [1.165, 1.54) is 18.2 Å². The molecule has 0 unspecified atom stereocenters. The second kappa shape index (κ2) is 9.78. The Hall–Kier alpha value is -2.64. The standard InChI is InChI=1S/C25H16Cl4F2N2O2/c1-2-12-3-4-13(9-18(12)27)21-22(25(21,28)29)24(35)32-15-6-7-17(26)16(11-15)23(34)33-20-8-5-14(30)10-19(20)31/h2-11,21-22H,1H2,(H,32,35)(H,33,34)/t21-,22+/m0/s1. The maximum absolute atomic E-state index is 13.9. The molecule has 2 atom stereocenters. The van der Waals surface area contributed by atoms with Crippen LogP contribution < -0.4 is 10.6 Å². The lowest BCUT2D eigenvalue weighted by Gasteiger charge is -2.11. The first kappa shape index (κ1) is 25.5. The van der Waals surface area contributed by atoms with Gasteiger partial charge in [-0.1, -0.05) is 48.0 Å². The summed E-state index contributed by atoms with van der Waals surface area (Å²) in [6, 6.07) is 12.2. The van der Waals surface area contributed by atoms with Gasteiger partial charge in [-0.3, -0.25) is 9.59 Å². The molecule has 0 heterocycles. The van der Waals surface area contributed by atoms with Crippen LogP contribution in [0.5, 0.6) is 0 Å². The molecule has 3 aromatic rings. The third-order valence-corrected chi connectivity index (χ3v) is 7.19. The van der Waals surface area contributed by atoms with E-state index in [2.05, 4.69) is 17.2 Å². The highest BCUT2D eigenvalue weighted by Crippen LogP contribution is 2.65. The number of carbonyl (C=O) groups excluding carboxylic acids is 2. The molecule has 1 saturated carbocycles. The smallest absolute Gasteiger partial charge is 0.257 e. The largest absolute Gasteiger partial charge is 0.326 e. The van der Waals surface area contributed by atoms with Crippen molar-refractivity contribution in [2.75, 3.05) is 10.6 Å². The Balaban J connectivity index is 1.51. The zero-order valence-corrected chi connectivity index (χ0v) is 20.7. The van der Waals surface area contributed by atoms with Gasteiger partial charge in [-0.2, -0.15) is 0 Å². The lowest BCUT2D eigenvalue weighted by atomic mass is 10.1. The van der Waals surface area contributed by atoms with Crippen LogP contribution in [0.4, 0.5) is 20.2 Å². The molecule has 0 aromatic heterocycles. The molecule has 0 bridgehead atoms. The maximum Gasteiger partial charge on any atom is 0.257 e. The highest BCUT2D eigenvalue weighted by Gasteiger charge is 2.67. The number of amides is 2. The summed E-state index contributed by atoms with van der Waals surface area (Å²) in [4.78, 5) is 25.6. The van der Waals surface area contributed by atoms with Gasteiger partial charge >= 0.3 is 0 Å². The lowest BCUT2D eigenvalue weighted by molar-refractivity contribution is -0.117. The fourth-order valence-electron chi connectivity index (χ4n) is 3.75. The Labute approximate surface area is 219 Å². The summed E-state index contributed by atoms with van der Waals surface area (Å²) in [6.45, 7) is 3.69. The molecule has 3 aromatic carbocycles. The third kappa shape index (κ3) is 5.16. The fraction of sp³-hybridized carbons (Fsp3) is 0.120. The molecule has 0 spiro atoms. The Bertz CT molecular complexity index is 1360. The van der Waals surface area contributed by atoms with Crippen molar-refractivity contribution < 1.29 is 18.4 Å². The van der Waals surface area contributed by atoms with E-state index >= 15 is 0 Å². The number of halogens is 6. The van der Waals surface area contributed by atoms with Crippen molar-refractivity contribution in [3.63, 3.8) is 0 Å². The van der Waals surface area contributed by atoms with Gasteiger partial charge < -0.3 is 10.6 Å². The number of hydrogen-bond donors (Lipinski definition) is 2. The molecule has 2 N–H and O–H groups in total. The summed E-state index contributed by atoms with van der Waals surface area (Å²) in [6.07, 6.45) is 1.61. The average molecular weight is 556 g/mol. The SMILES string of the molecule is C=Cc1ccc([C@H]2[C@H](C(=O)Nc3ccc(Cl)c(C(=O)Nc4ccc(F)cc4F)c3)C2(Cl)Cl)cc1Cl. The Morgan fingerprint density at radius 3 is 2.34 bits per heavy atom. The van der Waals surface area contributed by atoms with E-state index in [9.17, 15) is 18.4 Å². The Morgan fingerprint density at radius 2 is 1.69 bits per heavy atom. The number of rotatable bonds is 6. The van der Waals surface area contributed by atoms with Gasteiger partial charge in [0, 0.05) is 22.7 Å². The molecule has 180 valence electrons. The van der Waals surface area contributed by atoms with Crippen molar-refractivity contribution >= 4 is 75.7 Å². The topological polar surface area (TPSA) is 58.2 Å². The molecule has 10 heteroatoms. The van der Waals surface area contributed by atoms with E-state index in [4.69, 9.17) is 46.4 Å². The lowest BCUT2D eigenvalue weighted by Crippen LogP contribution is -2.18. The van der Waals surface area contributed by atoms with Crippen LogP contribution in [0.2, 0.25) is 10.0 Å². The molecular formula is C25H16Cl4F2N2O2. The van der Waals surface area contributed by atoms with Crippen LogP contribution in [0.1, 0.15) is 27.4 Å². The monoisotopic (exact) mass is 554 g/mol. The summed E-state index contributed by atoms with van der Waals surface area (Å²) in [5.41, 5.74) is 1.43. The van der Waals surface area contributed by atoms with Crippen LogP contribution in [0.25, 0.3) is 6.08 Å². The Morgan fingerprint density at radius 1 is 0.943 bits per heavy atom. The van der Waals surface area contributed by atoms with E-state index in [1.807, 2.05) is 0 Å². The normalized spacial score (nSPS) is 18.0. The predicted octanol–water partition coefficient (Wildman–Crippen LogP) is 7.69. The molecule has 0 aliphatic heterocycles. The molecule has 4 rings (SSSR count). The zero-order valence-electron chi connectivity index (χ0n) is 17.7. The number of hydrogen-bond acceptors (Lipinski definition) is 2. The van der Waals surface area contributed by atoms with E-state index in [-0.39, 0.29) is 22.0 Å². The average Bonchev–Trinajstić information content (AvgIpc) is 3.38. The van der Waals surface area contributed by atoms with Gasteiger partial charge in [0.05, 0.1) is 22.2 Å². The van der Waals surface area contributed by atoms with Crippen LogP contribution in [0.15, 0.2) is 61.2 Å². The molecule has 0 radical (unpaired) electrons. The van der Waals surface area contributed by atoms with Gasteiger partial charge in [0.15, 0.2) is 0 Å². The minimum Gasteiger partial charge on any atom is -0.326 e. The first-order valence-electron chi connectivity index (χ1n) is 10.2. The fourth-order valence-corrected chi connectivity index (χ4v) is 5.05. The molecule has 1 fully saturated rings. The van der Waals surface area contributed by atoms with Gasteiger partial charge in [-0.15, -0.1) is 23.2 Å². The van der Waals surface area contributed by atoms with Gasteiger partial charge in [0.25, 0.3) is 5.91 Å². The van der Waals surface area contributed by atoms with Crippen LogP contribution in [-0.2, 0) is 4.79 Å². The summed E-state index contributed by atoms with van der Waals surface area (Å²) in [5, 5.41) is 5.53. The molecule has 35 heavy (non-hydrogen) atoms. The van der Waals surface area contributed by atoms with Gasteiger partial charge in [0.2, 0.25) is 5.91 Å². The minimum absolute atomic E-state index is 0.0321. The highest BCUT2D eigenvalue weighted by atomic mass is 35.5. The highest BCUT2D eigenvalue weighted by molar-refractivity contribution is 6.53. The number of benzene rings is 3. The van der Waals surface area contributed by atoms with E-state index in [1.54, 1.807) is 24.3 Å².